The van der Waals surface area contributed by atoms with E-state index in [2.05, 4.69) is 4.83 Å². The largest absolute Gasteiger partial charge is 0.273 e. The van der Waals surface area contributed by atoms with Crippen LogP contribution in [0.4, 0.5) is 0 Å². The van der Waals surface area contributed by atoms with E-state index in [1.54, 1.807) is 10.1 Å². The summed E-state index contributed by atoms with van der Waals surface area (Å²) in [6.07, 6.45) is 2.82. The molecule has 66 valence electrons. The van der Waals surface area contributed by atoms with Crippen molar-refractivity contribution in [1.82, 2.24) is 15.0 Å². The highest BCUT2D eigenvalue weighted by Gasteiger charge is 2.31. The lowest BCUT2D eigenvalue weighted by atomic mass is 10.1. The standard InChI is InChI=1S/C7H11N3OS/c1-6-2-3-9(7(6)11)10-4-5-12-8-10/h4-6,8H,2-3H2,1H3. The summed E-state index contributed by atoms with van der Waals surface area (Å²) in [5.41, 5.74) is 0. The van der Waals surface area contributed by atoms with Gasteiger partial charge in [0, 0.05) is 24.1 Å². The molecule has 0 bridgehead atoms. The number of hydrogen-bond donors (Lipinski definition) is 1. The molecule has 0 radical (unpaired) electrons. The molecule has 0 aromatic heterocycles. The van der Waals surface area contributed by atoms with Crippen molar-refractivity contribution in [2.75, 3.05) is 6.54 Å². The maximum absolute atomic E-state index is 11.5. The number of rotatable bonds is 1. The smallest absolute Gasteiger partial charge is 0.245 e. The molecule has 2 heterocycles. The summed E-state index contributed by atoms with van der Waals surface area (Å²) in [6.45, 7) is 2.78. The monoisotopic (exact) mass is 185 g/mol. The van der Waals surface area contributed by atoms with E-state index in [4.69, 9.17) is 0 Å². The van der Waals surface area contributed by atoms with Gasteiger partial charge in [-0.25, -0.2) is 10.1 Å². The number of carbonyl (C=O) groups excluding carboxylic acids is 1. The Morgan fingerprint density at radius 3 is 3.08 bits per heavy atom. The van der Waals surface area contributed by atoms with E-state index in [-0.39, 0.29) is 11.8 Å². The van der Waals surface area contributed by atoms with E-state index in [1.807, 2.05) is 18.5 Å². The average Bonchev–Trinajstić information content (AvgIpc) is 2.64. The SMILES string of the molecule is CC1CCN(N2C=CSN2)C1=O. The van der Waals surface area contributed by atoms with Crippen molar-refractivity contribution in [3.8, 4) is 0 Å². The zero-order valence-electron chi connectivity index (χ0n) is 6.86. The van der Waals surface area contributed by atoms with Crippen LogP contribution >= 0.6 is 11.9 Å². The molecule has 1 N–H and O–H groups in total. The van der Waals surface area contributed by atoms with E-state index < -0.39 is 0 Å². The lowest BCUT2D eigenvalue weighted by Crippen LogP contribution is -2.44. The van der Waals surface area contributed by atoms with Gasteiger partial charge in [0.15, 0.2) is 0 Å². The van der Waals surface area contributed by atoms with Gasteiger partial charge in [-0.1, -0.05) is 6.92 Å². The van der Waals surface area contributed by atoms with Gasteiger partial charge in [-0.3, -0.25) is 4.79 Å². The minimum Gasteiger partial charge on any atom is -0.273 e. The van der Waals surface area contributed by atoms with Crippen molar-refractivity contribution in [1.29, 1.82) is 0 Å². The number of hydrogen-bond acceptors (Lipinski definition) is 4. The molecule has 2 rings (SSSR count). The molecule has 5 heteroatoms. The second kappa shape index (κ2) is 2.99. The normalized spacial score (nSPS) is 29.1. The Morgan fingerprint density at radius 2 is 2.58 bits per heavy atom. The number of hydrazine groups is 2. The molecule has 0 spiro atoms. The number of carbonyl (C=O) groups is 1. The first-order valence-corrected chi connectivity index (χ1v) is 4.85. The van der Waals surface area contributed by atoms with Crippen molar-refractivity contribution in [3.63, 3.8) is 0 Å². The highest BCUT2D eigenvalue weighted by molar-refractivity contribution is 8.00. The van der Waals surface area contributed by atoms with Crippen molar-refractivity contribution < 1.29 is 4.79 Å². The van der Waals surface area contributed by atoms with Crippen LogP contribution < -0.4 is 4.83 Å². The fraction of sp³-hybridized carbons (Fsp3) is 0.571. The van der Waals surface area contributed by atoms with Crippen LogP contribution in [0.1, 0.15) is 13.3 Å². The molecule has 1 atom stereocenters. The summed E-state index contributed by atoms with van der Waals surface area (Å²) in [5.74, 6) is 0.375. The first-order valence-electron chi connectivity index (χ1n) is 3.97. The summed E-state index contributed by atoms with van der Waals surface area (Å²) in [7, 11) is 0. The van der Waals surface area contributed by atoms with Gasteiger partial charge < -0.3 is 0 Å². The van der Waals surface area contributed by atoms with Gasteiger partial charge >= 0.3 is 0 Å². The predicted molar refractivity (Wildman–Crippen MR) is 47.2 cm³/mol. The predicted octanol–water partition coefficient (Wildman–Crippen LogP) is 0.709. The van der Waals surface area contributed by atoms with Gasteiger partial charge in [0.25, 0.3) is 0 Å². The molecule has 1 fully saturated rings. The van der Waals surface area contributed by atoms with Gasteiger partial charge in [-0.2, -0.15) is 4.83 Å². The van der Waals surface area contributed by atoms with Crippen molar-refractivity contribution >= 4 is 17.9 Å². The molecule has 4 nitrogen and oxygen atoms in total. The average molecular weight is 185 g/mol. The van der Waals surface area contributed by atoms with Gasteiger partial charge in [0.1, 0.15) is 0 Å². The van der Waals surface area contributed by atoms with Crippen LogP contribution in [0, 0.1) is 5.92 Å². The Morgan fingerprint density at radius 1 is 1.75 bits per heavy atom. The maximum Gasteiger partial charge on any atom is 0.245 e. The third-order valence-corrected chi connectivity index (χ3v) is 2.68. The summed E-state index contributed by atoms with van der Waals surface area (Å²) < 4.78 is 0. The Hall–Kier alpha value is -0.680. The molecule has 2 aliphatic rings. The van der Waals surface area contributed by atoms with Crippen LogP contribution in [0.3, 0.4) is 0 Å². The summed E-state index contributed by atoms with van der Waals surface area (Å²) >= 11 is 1.47. The molecule has 1 amide bonds. The number of nitrogens with zero attached hydrogens (tertiary/aromatic N) is 2. The molecule has 0 aromatic rings. The van der Waals surface area contributed by atoms with E-state index in [9.17, 15) is 4.79 Å². The van der Waals surface area contributed by atoms with E-state index in [0.29, 0.717) is 0 Å². The highest BCUT2D eigenvalue weighted by Crippen LogP contribution is 2.21. The third-order valence-electron chi connectivity index (χ3n) is 2.13. The number of amides is 1. The molecular formula is C7H11N3OS. The van der Waals surface area contributed by atoms with Crippen molar-refractivity contribution in [3.05, 3.63) is 11.6 Å². The van der Waals surface area contributed by atoms with E-state index in [1.165, 1.54) is 11.9 Å². The van der Waals surface area contributed by atoms with Crippen LogP contribution in [0.5, 0.6) is 0 Å². The molecule has 2 aliphatic heterocycles. The van der Waals surface area contributed by atoms with E-state index >= 15 is 0 Å². The van der Waals surface area contributed by atoms with Crippen LogP contribution in [-0.2, 0) is 4.79 Å². The fourth-order valence-corrected chi connectivity index (χ4v) is 1.86. The Kier molecular flexibility index (Phi) is 1.98. The summed E-state index contributed by atoms with van der Waals surface area (Å²) in [5, 5.41) is 5.40. The molecule has 12 heavy (non-hydrogen) atoms. The molecule has 0 aromatic carbocycles. The van der Waals surface area contributed by atoms with Crippen molar-refractivity contribution in [2.45, 2.75) is 13.3 Å². The van der Waals surface area contributed by atoms with Crippen LogP contribution in [-0.4, -0.2) is 22.6 Å². The van der Waals surface area contributed by atoms with Crippen molar-refractivity contribution in [2.24, 2.45) is 5.92 Å². The van der Waals surface area contributed by atoms with Gasteiger partial charge in [0.05, 0.1) is 0 Å². The summed E-state index contributed by atoms with van der Waals surface area (Å²) in [4.78, 5) is 14.5. The zero-order chi connectivity index (χ0) is 8.55. The highest BCUT2D eigenvalue weighted by atomic mass is 32.2. The number of nitrogens with one attached hydrogen (secondary N) is 1. The first-order chi connectivity index (χ1) is 5.79. The lowest BCUT2D eigenvalue weighted by Gasteiger charge is -2.26. The second-order valence-electron chi connectivity index (χ2n) is 2.99. The minimum absolute atomic E-state index is 0.172. The van der Waals surface area contributed by atoms with Gasteiger partial charge in [-0.15, -0.1) is 0 Å². The Bertz CT molecular complexity index is 231. The first kappa shape index (κ1) is 7.94. The minimum atomic E-state index is 0.172. The molecule has 1 unspecified atom stereocenters. The third kappa shape index (κ3) is 1.19. The van der Waals surface area contributed by atoms with Gasteiger partial charge in [0.2, 0.25) is 5.91 Å². The molecule has 1 saturated heterocycles. The lowest BCUT2D eigenvalue weighted by molar-refractivity contribution is -0.143. The molecule has 0 saturated carbocycles. The molecule has 0 aliphatic carbocycles. The Labute approximate surface area is 75.7 Å². The zero-order valence-corrected chi connectivity index (χ0v) is 7.67. The quantitative estimate of drug-likeness (QED) is 0.610. The molecular weight excluding hydrogens is 174 g/mol. The van der Waals surface area contributed by atoms with Crippen LogP contribution in [0.25, 0.3) is 0 Å². The van der Waals surface area contributed by atoms with E-state index in [0.717, 1.165) is 13.0 Å². The maximum atomic E-state index is 11.5. The van der Waals surface area contributed by atoms with Crippen LogP contribution in [0.15, 0.2) is 11.6 Å². The fourth-order valence-electron chi connectivity index (χ4n) is 1.35. The second-order valence-corrected chi connectivity index (χ2v) is 3.68. The Balaban J connectivity index is 2.05. The van der Waals surface area contributed by atoms with Crippen LogP contribution in [0.2, 0.25) is 0 Å². The topological polar surface area (TPSA) is 35.6 Å². The summed E-state index contributed by atoms with van der Waals surface area (Å²) in [6, 6.07) is 0. The van der Waals surface area contributed by atoms with Gasteiger partial charge in [-0.05, 0) is 18.4 Å².